The normalized spacial score (nSPS) is 23.0. The summed E-state index contributed by atoms with van der Waals surface area (Å²) < 4.78 is 33.8. The van der Waals surface area contributed by atoms with Gasteiger partial charge in [-0.1, -0.05) is 28.8 Å². The number of ether oxygens (including phenoxy) is 1. The first-order chi connectivity index (χ1) is 9.94. The van der Waals surface area contributed by atoms with Crippen molar-refractivity contribution in [3.8, 4) is 5.75 Å². The molecule has 7 heteroatoms. The van der Waals surface area contributed by atoms with Gasteiger partial charge in [0.25, 0.3) is 0 Å². The molecule has 0 saturated heterocycles. The molecule has 0 spiro atoms. The van der Waals surface area contributed by atoms with Gasteiger partial charge in [0.05, 0.1) is 12.7 Å². The molecule has 0 aliphatic heterocycles. The third kappa shape index (κ3) is 4.18. The molecule has 2 unspecified atom stereocenters. The van der Waals surface area contributed by atoms with E-state index in [9.17, 15) is 13.5 Å². The molecule has 1 fully saturated rings. The quantitative estimate of drug-likeness (QED) is 0.825. The first-order valence-electron chi connectivity index (χ1n) is 7.07. The standard InChI is InChI=1S/C14H20BrNO4S/c1-2-20-13-8-7-10(15)9-14(13)21(18,19)16-11-5-3-4-6-12(11)17/h7-9,11-12,16-17H,2-6H2,1H3. The molecule has 0 radical (unpaired) electrons. The summed E-state index contributed by atoms with van der Waals surface area (Å²) in [6.45, 7) is 2.19. The molecule has 2 rings (SSSR count). The fourth-order valence-corrected chi connectivity index (χ4v) is 4.47. The molecule has 1 aliphatic carbocycles. The highest BCUT2D eigenvalue weighted by Gasteiger charge is 2.29. The average Bonchev–Trinajstić information content (AvgIpc) is 2.43. The molecule has 2 N–H and O–H groups in total. The third-order valence-electron chi connectivity index (χ3n) is 3.53. The van der Waals surface area contributed by atoms with Crippen LogP contribution in [0.4, 0.5) is 0 Å². The molecule has 21 heavy (non-hydrogen) atoms. The van der Waals surface area contributed by atoms with Crippen molar-refractivity contribution >= 4 is 26.0 Å². The number of aliphatic hydroxyl groups excluding tert-OH is 1. The van der Waals surface area contributed by atoms with Crippen LogP contribution in [0.2, 0.25) is 0 Å². The lowest BCUT2D eigenvalue weighted by Crippen LogP contribution is -2.45. The molecular weight excluding hydrogens is 358 g/mol. The van der Waals surface area contributed by atoms with Crippen molar-refractivity contribution in [1.82, 2.24) is 4.72 Å². The summed E-state index contributed by atoms with van der Waals surface area (Å²) in [6.07, 6.45) is 2.50. The van der Waals surface area contributed by atoms with Gasteiger partial charge in [-0.25, -0.2) is 13.1 Å². The van der Waals surface area contributed by atoms with Crippen LogP contribution in [0, 0.1) is 0 Å². The summed E-state index contributed by atoms with van der Waals surface area (Å²) in [5.41, 5.74) is 0. The van der Waals surface area contributed by atoms with Crippen LogP contribution in [-0.4, -0.2) is 32.3 Å². The van der Waals surface area contributed by atoms with Crippen LogP contribution in [0.15, 0.2) is 27.6 Å². The summed E-state index contributed by atoms with van der Waals surface area (Å²) in [6, 6.07) is 4.44. The minimum absolute atomic E-state index is 0.0940. The molecule has 0 bridgehead atoms. The smallest absolute Gasteiger partial charge is 0.244 e. The van der Waals surface area contributed by atoms with Crippen LogP contribution in [0.3, 0.4) is 0 Å². The molecule has 1 aromatic carbocycles. The van der Waals surface area contributed by atoms with Gasteiger partial charge in [0.15, 0.2) is 0 Å². The Bertz CT molecular complexity index is 591. The van der Waals surface area contributed by atoms with Crippen molar-refractivity contribution in [3.63, 3.8) is 0 Å². The monoisotopic (exact) mass is 377 g/mol. The highest BCUT2D eigenvalue weighted by Crippen LogP contribution is 2.29. The number of rotatable bonds is 5. The fourth-order valence-electron chi connectivity index (χ4n) is 2.48. The zero-order valence-corrected chi connectivity index (χ0v) is 14.3. The van der Waals surface area contributed by atoms with Gasteiger partial charge in [-0.2, -0.15) is 0 Å². The van der Waals surface area contributed by atoms with Gasteiger partial charge in [0.1, 0.15) is 10.6 Å². The topological polar surface area (TPSA) is 75.6 Å². The van der Waals surface area contributed by atoms with E-state index in [-0.39, 0.29) is 4.90 Å². The Morgan fingerprint density at radius 1 is 1.38 bits per heavy atom. The minimum atomic E-state index is -3.73. The predicted molar refractivity (Wildman–Crippen MR) is 83.9 cm³/mol. The second-order valence-corrected chi connectivity index (χ2v) is 7.70. The van der Waals surface area contributed by atoms with Crippen molar-refractivity contribution in [2.45, 2.75) is 49.6 Å². The van der Waals surface area contributed by atoms with E-state index in [0.717, 1.165) is 12.8 Å². The van der Waals surface area contributed by atoms with Gasteiger partial charge in [0, 0.05) is 10.5 Å². The summed E-state index contributed by atoms with van der Waals surface area (Å²) >= 11 is 3.28. The van der Waals surface area contributed by atoms with E-state index in [1.165, 1.54) is 6.07 Å². The zero-order chi connectivity index (χ0) is 15.5. The summed E-state index contributed by atoms with van der Waals surface area (Å²) in [5, 5.41) is 9.94. The molecule has 2 atom stereocenters. The maximum Gasteiger partial charge on any atom is 0.244 e. The van der Waals surface area contributed by atoms with Gasteiger partial charge in [-0.05, 0) is 38.0 Å². The van der Waals surface area contributed by atoms with Crippen molar-refractivity contribution in [2.24, 2.45) is 0 Å². The molecule has 0 amide bonds. The lowest BCUT2D eigenvalue weighted by molar-refractivity contribution is 0.101. The van der Waals surface area contributed by atoms with Gasteiger partial charge in [-0.15, -0.1) is 0 Å². The van der Waals surface area contributed by atoms with Gasteiger partial charge in [0.2, 0.25) is 10.0 Å². The Morgan fingerprint density at radius 3 is 2.76 bits per heavy atom. The first-order valence-corrected chi connectivity index (χ1v) is 9.34. The Morgan fingerprint density at radius 2 is 2.10 bits per heavy atom. The van der Waals surface area contributed by atoms with Crippen LogP contribution in [0.1, 0.15) is 32.6 Å². The Kier molecular flexibility index (Phi) is 5.65. The molecule has 1 aliphatic rings. The number of sulfonamides is 1. The number of hydrogen-bond acceptors (Lipinski definition) is 4. The molecule has 0 aromatic heterocycles. The van der Waals surface area contributed by atoms with Crippen molar-refractivity contribution < 1.29 is 18.3 Å². The third-order valence-corrected chi connectivity index (χ3v) is 5.54. The highest BCUT2D eigenvalue weighted by atomic mass is 79.9. The Balaban J connectivity index is 2.28. The van der Waals surface area contributed by atoms with E-state index in [2.05, 4.69) is 20.7 Å². The fraction of sp³-hybridized carbons (Fsp3) is 0.571. The number of halogens is 1. The first kappa shape index (κ1) is 16.7. The van der Waals surface area contributed by atoms with Crippen LogP contribution in [0.25, 0.3) is 0 Å². The summed E-state index contributed by atoms with van der Waals surface area (Å²) in [4.78, 5) is 0.0940. The van der Waals surface area contributed by atoms with Crippen molar-refractivity contribution in [2.75, 3.05) is 6.61 Å². The second-order valence-electron chi connectivity index (χ2n) is 5.10. The average molecular weight is 378 g/mol. The maximum absolute atomic E-state index is 12.6. The van der Waals surface area contributed by atoms with E-state index >= 15 is 0 Å². The van der Waals surface area contributed by atoms with Crippen LogP contribution in [-0.2, 0) is 10.0 Å². The van der Waals surface area contributed by atoms with Crippen molar-refractivity contribution in [3.05, 3.63) is 22.7 Å². The van der Waals surface area contributed by atoms with Gasteiger partial charge >= 0.3 is 0 Å². The van der Waals surface area contributed by atoms with Crippen LogP contribution in [0.5, 0.6) is 5.75 Å². The summed E-state index contributed by atoms with van der Waals surface area (Å²) in [5.74, 6) is 0.318. The Labute approximate surface area is 133 Å². The lowest BCUT2D eigenvalue weighted by atomic mass is 9.93. The van der Waals surface area contributed by atoms with Gasteiger partial charge < -0.3 is 9.84 Å². The molecule has 0 heterocycles. The summed E-state index contributed by atoms with van der Waals surface area (Å²) in [7, 11) is -3.73. The Hall–Kier alpha value is -0.630. The largest absolute Gasteiger partial charge is 0.492 e. The number of hydrogen-bond donors (Lipinski definition) is 2. The minimum Gasteiger partial charge on any atom is -0.492 e. The van der Waals surface area contributed by atoms with Crippen LogP contribution < -0.4 is 9.46 Å². The molecule has 118 valence electrons. The number of aliphatic hydroxyl groups is 1. The van der Waals surface area contributed by atoms with Crippen molar-refractivity contribution in [1.29, 1.82) is 0 Å². The van der Waals surface area contributed by atoms with E-state index in [1.54, 1.807) is 19.1 Å². The molecule has 1 aromatic rings. The van der Waals surface area contributed by atoms with E-state index in [4.69, 9.17) is 4.74 Å². The van der Waals surface area contributed by atoms with E-state index in [0.29, 0.717) is 29.7 Å². The molecule has 5 nitrogen and oxygen atoms in total. The zero-order valence-electron chi connectivity index (χ0n) is 11.9. The van der Waals surface area contributed by atoms with Crippen LogP contribution >= 0.6 is 15.9 Å². The molecule has 1 saturated carbocycles. The number of nitrogens with one attached hydrogen (secondary N) is 1. The van der Waals surface area contributed by atoms with Gasteiger partial charge in [-0.3, -0.25) is 0 Å². The molecular formula is C14H20BrNO4S. The van der Waals surface area contributed by atoms with E-state index in [1.807, 2.05) is 0 Å². The van der Waals surface area contributed by atoms with E-state index < -0.39 is 22.2 Å². The predicted octanol–water partition coefficient (Wildman–Crippen LogP) is 2.43. The lowest BCUT2D eigenvalue weighted by Gasteiger charge is -2.28. The second kappa shape index (κ2) is 7.09. The number of benzene rings is 1. The highest BCUT2D eigenvalue weighted by molar-refractivity contribution is 9.10. The SMILES string of the molecule is CCOc1ccc(Br)cc1S(=O)(=O)NC1CCCCC1O. The maximum atomic E-state index is 12.6.